The molecular formula is C20H20ClNO4. The number of carbonyl (C=O) groups excluding carboxylic acids is 1. The van der Waals surface area contributed by atoms with Gasteiger partial charge in [-0.15, -0.1) is 0 Å². The van der Waals surface area contributed by atoms with Crippen LogP contribution >= 0.6 is 11.6 Å². The number of aryl methyl sites for hydroxylation is 1. The molecule has 1 aliphatic heterocycles. The molecule has 26 heavy (non-hydrogen) atoms. The lowest BCUT2D eigenvalue weighted by atomic mass is 9.88. The molecule has 1 N–H and O–H groups in total. The molecule has 1 saturated heterocycles. The molecule has 1 aliphatic rings. The molecule has 6 heteroatoms. The zero-order chi connectivity index (χ0) is 18.7. The van der Waals surface area contributed by atoms with E-state index in [2.05, 4.69) is 0 Å². The van der Waals surface area contributed by atoms with Crippen LogP contribution in [-0.4, -0.2) is 35.2 Å². The van der Waals surface area contributed by atoms with Gasteiger partial charge in [0.15, 0.2) is 0 Å². The second kappa shape index (κ2) is 7.79. The van der Waals surface area contributed by atoms with E-state index in [0.717, 1.165) is 16.7 Å². The quantitative estimate of drug-likeness (QED) is 0.876. The van der Waals surface area contributed by atoms with Crippen LogP contribution in [0.15, 0.2) is 48.5 Å². The van der Waals surface area contributed by atoms with Crippen molar-refractivity contribution in [2.45, 2.75) is 19.4 Å². The van der Waals surface area contributed by atoms with Crippen molar-refractivity contribution in [3.05, 3.63) is 70.2 Å². The van der Waals surface area contributed by atoms with Gasteiger partial charge in [0.2, 0.25) is 0 Å². The standard InChI is InChI=1S/C20H20ClNO4/c1-13-7-8-15(18(21)9-13)16-10-22(11-17(16)19(23)24)20(25)26-12-14-5-3-2-4-6-14/h2-9,16-17H,10-12H2,1H3,(H,23,24). The number of halogens is 1. The molecule has 1 amide bonds. The number of nitrogens with zero attached hydrogens (tertiary/aromatic N) is 1. The Kier molecular flexibility index (Phi) is 5.47. The Bertz CT molecular complexity index is 809. The largest absolute Gasteiger partial charge is 0.481 e. The van der Waals surface area contributed by atoms with E-state index in [9.17, 15) is 14.7 Å². The van der Waals surface area contributed by atoms with Gasteiger partial charge in [0.1, 0.15) is 6.61 Å². The van der Waals surface area contributed by atoms with Crippen molar-refractivity contribution in [1.82, 2.24) is 4.90 Å². The number of hydrogen-bond donors (Lipinski definition) is 1. The first-order chi connectivity index (χ1) is 12.5. The monoisotopic (exact) mass is 373 g/mol. The van der Waals surface area contributed by atoms with E-state index in [1.165, 1.54) is 4.90 Å². The second-order valence-electron chi connectivity index (χ2n) is 6.52. The van der Waals surface area contributed by atoms with Gasteiger partial charge in [-0.3, -0.25) is 4.79 Å². The molecule has 1 fully saturated rings. The molecule has 0 saturated carbocycles. The molecule has 5 nitrogen and oxygen atoms in total. The van der Waals surface area contributed by atoms with Gasteiger partial charge in [-0.1, -0.05) is 54.1 Å². The minimum Gasteiger partial charge on any atom is -0.481 e. The summed E-state index contributed by atoms with van der Waals surface area (Å²) in [5, 5.41) is 10.1. The van der Waals surface area contributed by atoms with Crippen LogP contribution in [0.25, 0.3) is 0 Å². The number of aliphatic carboxylic acids is 1. The minimum atomic E-state index is -0.940. The summed E-state index contributed by atoms with van der Waals surface area (Å²) in [6, 6.07) is 14.9. The number of carboxylic acids is 1. The smallest absolute Gasteiger partial charge is 0.410 e. The average molecular weight is 374 g/mol. The van der Waals surface area contributed by atoms with Crippen molar-refractivity contribution >= 4 is 23.7 Å². The number of carboxylic acid groups (broad SMARTS) is 1. The molecule has 2 unspecified atom stereocenters. The zero-order valence-corrected chi connectivity index (χ0v) is 15.1. The van der Waals surface area contributed by atoms with E-state index in [1.54, 1.807) is 0 Å². The van der Waals surface area contributed by atoms with Gasteiger partial charge in [-0.2, -0.15) is 0 Å². The van der Waals surface area contributed by atoms with Gasteiger partial charge < -0.3 is 14.7 Å². The number of carbonyl (C=O) groups is 2. The molecule has 0 radical (unpaired) electrons. The summed E-state index contributed by atoms with van der Waals surface area (Å²) in [5.74, 6) is -2.01. The summed E-state index contributed by atoms with van der Waals surface area (Å²) >= 11 is 6.32. The van der Waals surface area contributed by atoms with E-state index in [-0.39, 0.29) is 25.6 Å². The number of amides is 1. The van der Waals surface area contributed by atoms with Crippen molar-refractivity contribution in [3.63, 3.8) is 0 Å². The highest BCUT2D eigenvalue weighted by Gasteiger charge is 2.41. The van der Waals surface area contributed by atoms with Gasteiger partial charge in [0.05, 0.1) is 5.92 Å². The fraction of sp³-hybridized carbons (Fsp3) is 0.300. The highest BCUT2D eigenvalue weighted by molar-refractivity contribution is 6.31. The lowest BCUT2D eigenvalue weighted by Gasteiger charge is -2.17. The Morgan fingerprint density at radius 3 is 2.58 bits per heavy atom. The number of likely N-dealkylation sites (tertiary alicyclic amines) is 1. The van der Waals surface area contributed by atoms with Crippen LogP contribution in [0.4, 0.5) is 4.79 Å². The number of rotatable bonds is 4. The van der Waals surface area contributed by atoms with Crippen molar-refractivity contribution in [1.29, 1.82) is 0 Å². The first kappa shape index (κ1) is 18.3. The summed E-state index contributed by atoms with van der Waals surface area (Å²) in [6.07, 6.45) is -0.508. The molecule has 0 aliphatic carbocycles. The van der Waals surface area contributed by atoms with Gasteiger partial charge in [0, 0.05) is 24.0 Å². The van der Waals surface area contributed by atoms with E-state index >= 15 is 0 Å². The SMILES string of the molecule is Cc1ccc(C2CN(C(=O)OCc3ccccc3)CC2C(=O)O)c(Cl)c1. The molecule has 2 atom stereocenters. The predicted octanol–water partition coefficient (Wildman–Crippen LogP) is 4.09. The van der Waals surface area contributed by atoms with E-state index < -0.39 is 18.0 Å². The Morgan fingerprint density at radius 2 is 1.92 bits per heavy atom. The molecule has 136 valence electrons. The lowest BCUT2D eigenvalue weighted by Crippen LogP contribution is -2.30. The zero-order valence-electron chi connectivity index (χ0n) is 14.4. The van der Waals surface area contributed by atoms with Crippen molar-refractivity contribution in [2.24, 2.45) is 5.92 Å². The van der Waals surface area contributed by atoms with Crippen molar-refractivity contribution < 1.29 is 19.4 Å². The Balaban J connectivity index is 1.72. The summed E-state index contributed by atoms with van der Waals surface area (Å²) in [6.45, 7) is 2.46. The third-order valence-electron chi connectivity index (χ3n) is 4.66. The minimum absolute atomic E-state index is 0.109. The highest BCUT2D eigenvalue weighted by atomic mass is 35.5. The van der Waals surface area contributed by atoms with Crippen LogP contribution in [0, 0.1) is 12.8 Å². The van der Waals surface area contributed by atoms with Crippen molar-refractivity contribution in [2.75, 3.05) is 13.1 Å². The van der Waals surface area contributed by atoms with Crippen LogP contribution in [0.2, 0.25) is 5.02 Å². The maximum atomic E-state index is 12.4. The fourth-order valence-electron chi connectivity index (χ4n) is 3.26. The Morgan fingerprint density at radius 1 is 1.19 bits per heavy atom. The van der Waals surface area contributed by atoms with Crippen LogP contribution < -0.4 is 0 Å². The van der Waals surface area contributed by atoms with Gasteiger partial charge in [0.25, 0.3) is 0 Å². The molecule has 3 rings (SSSR count). The molecular weight excluding hydrogens is 354 g/mol. The van der Waals surface area contributed by atoms with Crippen LogP contribution in [-0.2, 0) is 16.1 Å². The van der Waals surface area contributed by atoms with Crippen molar-refractivity contribution in [3.8, 4) is 0 Å². The molecule has 2 aromatic rings. The maximum absolute atomic E-state index is 12.4. The normalized spacial score (nSPS) is 19.4. The Hall–Kier alpha value is -2.53. The third kappa shape index (κ3) is 3.99. The van der Waals surface area contributed by atoms with Crippen LogP contribution in [0.3, 0.4) is 0 Å². The first-order valence-electron chi connectivity index (χ1n) is 8.40. The second-order valence-corrected chi connectivity index (χ2v) is 6.93. The number of benzene rings is 2. The Labute approximate surface area is 157 Å². The summed E-state index contributed by atoms with van der Waals surface area (Å²) in [4.78, 5) is 25.5. The number of hydrogen-bond acceptors (Lipinski definition) is 3. The number of ether oxygens (including phenoxy) is 1. The summed E-state index contributed by atoms with van der Waals surface area (Å²) in [7, 11) is 0. The van der Waals surface area contributed by atoms with E-state index in [1.807, 2.05) is 55.5 Å². The molecule has 0 spiro atoms. The highest BCUT2D eigenvalue weighted by Crippen LogP contribution is 2.37. The lowest BCUT2D eigenvalue weighted by molar-refractivity contribution is -0.141. The molecule has 0 bridgehead atoms. The first-order valence-corrected chi connectivity index (χ1v) is 8.78. The molecule has 1 heterocycles. The van der Waals surface area contributed by atoms with Crippen LogP contribution in [0.5, 0.6) is 0 Å². The molecule has 0 aromatic heterocycles. The van der Waals surface area contributed by atoms with Gasteiger partial charge in [-0.25, -0.2) is 4.79 Å². The topological polar surface area (TPSA) is 66.8 Å². The van der Waals surface area contributed by atoms with E-state index in [0.29, 0.717) is 5.02 Å². The van der Waals surface area contributed by atoms with E-state index in [4.69, 9.17) is 16.3 Å². The third-order valence-corrected chi connectivity index (χ3v) is 4.98. The summed E-state index contributed by atoms with van der Waals surface area (Å²) in [5.41, 5.74) is 2.64. The summed E-state index contributed by atoms with van der Waals surface area (Å²) < 4.78 is 5.33. The van der Waals surface area contributed by atoms with Gasteiger partial charge >= 0.3 is 12.1 Å². The predicted molar refractivity (Wildman–Crippen MR) is 98.3 cm³/mol. The molecule has 2 aromatic carbocycles. The fourth-order valence-corrected chi connectivity index (χ4v) is 3.64. The van der Waals surface area contributed by atoms with Crippen LogP contribution in [0.1, 0.15) is 22.6 Å². The average Bonchev–Trinajstić information content (AvgIpc) is 3.06. The van der Waals surface area contributed by atoms with Gasteiger partial charge in [-0.05, 0) is 29.7 Å². The maximum Gasteiger partial charge on any atom is 0.410 e.